The van der Waals surface area contributed by atoms with Crippen molar-refractivity contribution >= 4 is 19.9 Å². The topological polar surface area (TPSA) is 81.4 Å². The molecule has 0 bridgehead atoms. The van der Waals surface area contributed by atoms with Gasteiger partial charge in [-0.2, -0.15) is 0 Å². The summed E-state index contributed by atoms with van der Waals surface area (Å²) in [5.41, 5.74) is 8.71. The number of ether oxygens (including phenoxy) is 1. The summed E-state index contributed by atoms with van der Waals surface area (Å²) in [6, 6.07) is -0.731. The highest BCUT2D eigenvalue weighted by molar-refractivity contribution is 6.87. The van der Waals surface area contributed by atoms with Gasteiger partial charge in [0.1, 0.15) is 14.1 Å². The lowest BCUT2D eigenvalue weighted by Crippen LogP contribution is -2.46. The zero-order chi connectivity index (χ0) is 17.0. The second kappa shape index (κ2) is 7.29. The van der Waals surface area contributed by atoms with Gasteiger partial charge >= 0.3 is 0 Å². The predicted molar refractivity (Wildman–Crippen MR) is 89.6 cm³/mol. The molecule has 0 aromatic heterocycles. The van der Waals surface area contributed by atoms with Crippen LogP contribution in [0.5, 0.6) is 0 Å². The van der Waals surface area contributed by atoms with E-state index in [4.69, 9.17) is 10.5 Å². The number of hydrogen-bond acceptors (Lipinski definition) is 3. The minimum atomic E-state index is -1.72. The van der Waals surface area contributed by atoms with Crippen LogP contribution < -0.4 is 11.1 Å². The largest absolute Gasteiger partial charge is 0.381 e. The van der Waals surface area contributed by atoms with Crippen molar-refractivity contribution in [1.82, 2.24) is 5.32 Å². The van der Waals surface area contributed by atoms with Crippen molar-refractivity contribution in [2.45, 2.75) is 57.8 Å². The number of rotatable bonds is 4. The Morgan fingerprint density at radius 3 is 2.50 bits per heavy atom. The molecule has 0 aliphatic carbocycles. The number of nitrogens with two attached hydrogens (primary N) is 1. The molecule has 0 radical (unpaired) electrons. The van der Waals surface area contributed by atoms with Crippen molar-refractivity contribution in [3.05, 3.63) is 0 Å². The predicted octanol–water partition coefficient (Wildman–Crippen LogP) is 1.43. The maximum Gasteiger partial charge on any atom is 0.240 e. The molecule has 2 atom stereocenters. The van der Waals surface area contributed by atoms with E-state index in [2.05, 4.69) is 50.6 Å². The van der Waals surface area contributed by atoms with E-state index in [1.165, 1.54) is 0 Å². The van der Waals surface area contributed by atoms with Gasteiger partial charge in [-0.1, -0.05) is 33.9 Å². The van der Waals surface area contributed by atoms with E-state index in [9.17, 15) is 9.59 Å². The number of primary amides is 1. The third-order valence-corrected chi connectivity index (χ3v) is 9.09. The van der Waals surface area contributed by atoms with Crippen molar-refractivity contribution in [3.8, 4) is 11.5 Å². The molecule has 0 aromatic rings. The molecule has 0 saturated carbocycles. The Morgan fingerprint density at radius 1 is 1.41 bits per heavy atom. The van der Waals surface area contributed by atoms with Crippen molar-refractivity contribution in [1.29, 1.82) is 0 Å². The molecule has 1 aliphatic heterocycles. The van der Waals surface area contributed by atoms with Gasteiger partial charge in [0.25, 0.3) is 0 Å². The molecular formula is C16H28N2O3Si. The summed E-state index contributed by atoms with van der Waals surface area (Å²) in [7, 11) is -1.72. The Morgan fingerprint density at radius 2 is 2.05 bits per heavy atom. The van der Waals surface area contributed by atoms with Crippen LogP contribution in [0, 0.1) is 17.4 Å². The van der Waals surface area contributed by atoms with E-state index >= 15 is 0 Å². The number of hydrogen-bond donors (Lipinski definition) is 2. The molecule has 1 saturated heterocycles. The van der Waals surface area contributed by atoms with E-state index in [0.717, 1.165) is 0 Å². The summed E-state index contributed by atoms with van der Waals surface area (Å²) >= 11 is 0. The molecule has 0 aromatic carbocycles. The lowest BCUT2D eigenvalue weighted by atomic mass is 10.1. The summed E-state index contributed by atoms with van der Waals surface area (Å²) in [6.07, 6.45) is 0.953. The van der Waals surface area contributed by atoms with Crippen LogP contribution in [-0.4, -0.2) is 39.1 Å². The quantitative estimate of drug-likeness (QED) is 0.606. The van der Waals surface area contributed by atoms with Crippen LogP contribution in [-0.2, 0) is 14.3 Å². The Labute approximate surface area is 134 Å². The van der Waals surface area contributed by atoms with Gasteiger partial charge in [0, 0.05) is 13.0 Å². The summed E-state index contributed by atoms with van der Waals surface area (Å²) in [5.74, 6) is 2.17. The van der Waals surface area contributed by atoms with Crippen molar-refractivity contribution in [2.24, 2.45) is 11.7 Å². The van der Waals surface area contributed by atoms with Crippen molar-refractivity contribution in [2.75, 3.05) is 13.2 Å². The molecule has 2 amide bonds. The minimum Gasteiger partial charge on any atom is -0.381 e. The van der Waals surface area contributed by atoms with Crippen molar-refractivity contribution in [3.63, 3.8) is 0 Å². The summed E-state index contributed by atoms with van der Waals surface area (Å²) < 4.78 is 5.18. The van der Waals surface area contributed by atoms with Gasteiger partial charge in [-0.05, 0) is 11.5 Å². The van der Waals surface area contributed by atoms with E-state index < -0.39 is 20.0 Å². The van der Waals surface area contributed by atoms with Crippen LogP contribution in [0.25, 0.3) is 0 Å². The summed E-state index contributed by atoms with van der Waals surface area (Å²) in [4.78, 5) is 23.6. The zero-order valence-electron chi connectivity index (χ0n) is 14.3. The van der Waals surface area contributed by atoms with Crippen LogP contribution in [0.3, 0.4) is 0 Å². The molecule has 1 rings (SSSR count). The van der Waals surface area contributed by atoms with Gasteiger partial charge in [-0.25, -0.2) is 0 Å². The Balaban J connectivity index is 2.66. The van der Waals surface area contributed by atoms with E-state index in [1.54, 1.807) is 0 Å². The third-order valence-electron chi connectivity index (χ3n) is 4.54. The molecule has 124 valence electrons. The normalized spacial score (nSPS) is 20.0. The maximum absolute atomic E-state index is 12.0. The first-order chi connectivity index (χ1) is 10.0. The first-order valence-corrected chi connectivity index (χ1v) is 10.7. The standard InChI is InChI=1S/C16H28N2O3Si/c1-16(2,3)22(4,5)10-6-7-13(14(17)19)18-15(20)12-8-9-21-11-12/h12-13H,7-9,11H2,1-5H3,(H2,17,19)(H,18,20)/t12-,13+/m1/s1. The number of amides is 2. The SMILES string of the molecule is CC(C)(C)[Si](C)(C)C#CC[C@H](NC(=O)[C@@H]1CCOC1)C(N)=O. The fourth-order valence-corrected chi connectivity index (χ4v) is 2.73. The lowest BCUT2D eigenvalue weighted by Gasteiger charge is -2.31. The molecule has 22 heavy (non-hydrogen) atoms. The van der Waals surface area contributed by atoms with Crippen LogP contribution in [0.1, 0.15) is 33.6 Å². The first-order valence-electron chi connectivity index (χ1n) is 7.72. The van der Waals surface area contributed by atoms with Gasteiger partial charge in [0.2, 0.25) is 11.8 Å². The summed E-state index contributed by atoms with van der Waals surface area (Å²) in [6.45, 7) is 11.9. The van der Waals surface area contributed by atoms with E-state index in [-0.39, 0.29) is 23.3 Å². The zero-order valence-corrected chi connectivity index (χ0v) is 15.3. The van der Waals surface area contributed by atoms with Crippen LogP contribution in [0.15, 0.2) is 0 Å². The Kier molecular flexibility index (Phi) is 6.21. The lowest BCUT2D eigenvalue weighted by molar-refractivity contribution is -0.129. The third kappa shape index (κ3) is 5.15. The number of nitrogens with one attached hydrogen (secondary N) is 1. The average molecular weight is 324 g/mol. The van der Waals surface area contributed by atoms with Gasteiger partial charge in [0.05, 0.1) is 12.5 Å². The highest BCUT2D eigenvalue weighted by Gasteiger charge is 2.33. The second-order valence-corrected chi connectivity index (χ2v) is 12.4. The Bertz CT molecular complexity index is 480. The minimum absolute atomic E-state index is 0.159. The van der Waals surface area contributed by atoms with E-state index in [1.807, 2.05) is 0 Å². The first kappa shape index (κ1) is 18.7. The van der Waals surface area contributed by atoms with Crippen LogP contribution in [0.4, 0.5) is 0 Å². The molecule has 0 spiro atoms. The highest BCUT2D eigenvalue weighted by atomic mass is 28.3. The molecule has 1 heterocycles. The van der Waals surface area contributed by atoms with Gasteiger partial charge < -0.3 is 15.8 Å². The molecule has 0 unspecified atom stereocenters. The van der Waals surface area contributed by atoms with Crippen LogP contribution >= 0.6 is 0 Å². The molecule has 3 N–H and O–H groups in total. The fraction of sp³-hybridized carbons (Fsp3) is 0.750. The van der Waals surface area contributed by atoms with E-state index in [0.29, 0.717) is 19.6 Å². The monoisotopic (exact) mass is 324 g/mol. The fourth-order valence-electron chi connectivity index (χ4n) is 1.82. The highest BCUT2D eigenvalue weighted by Crippen LogP contribution is 2.35. The number of carbonyl (C=O) groups excluding carboxylic acids is 2. The number of carbonyl (C=O) groups is 2. The Hall–Kier alpha value is -1.32. The average Bonchev–Trinajstić information content (AvgIpc) is 2.89. The van der Waals surface area contributed by atoms with Gasteiger partial charge in [0.15, 0.2) is 0 Å². The van der Waals surface area contributed by atoms with Gasteiger partial charge in [-0.3, -0.25) is 9.59 Å². The molecule has 1 fully saturated rings. The molecule has 1 aliphatic rings. The van der Waals surface area contributed by atoms with Crippen molar-refractivity contribution < 1.29 is 14.3 Å². The van der Waals surface area contributed by atoms with Gasteiger partial charge in [-0.15, -0.1) is 11.5 Å². The summed E-state index contributed by atoms with van der Waals surface area (Å²) in [5, 5.41) is 2.86. The molecular weight excluding hydrogens is 296 g/mol. The maximum atomic E-state index is 12.0. The molecule has 5 nitrogen and oxygen atoms in total. The molecule has 6 heteroatoms. The second-order valence-electron chi connectivity index (χ2n) is 7.40. The van der Waals surface area contributed by atoms with Crippen LogP contribution in [0.2, 0.25) is 18.1 Å². The smallest absolute Gasteiger partial charge is 0.240 e.